The molecule has 5 heterocycles. The molecule has 1 aliphatic carbocycles. The zero-order valence-electron chi connectivity index (χ0n) is 18.2. The third kappa shape index (κ3) is 4.23. The molecule has 0 bridgehead atoms. The van der Waals surface area contributed by atoms with Crippen LogP contribution in [0.1, 0.15) is 36.9 Å². The van der Waals surface area contributed by atoms with Gasteiger partial charge >= 0.3 is 0 Å². The fourth-order valence-electron chi connectivity index (χ4n) is 4.40. The van der Waals surface area contributed by atoms with E-state index in [-0.39, 0.29) is 0 Å². The molecule has 0 radical (unpaired) electrons. The second-order valence-corrected chi connectivity index (χ2v) is 9.04. The number of pyridine rings is 2. The molecule has 164 valence electrons. The first-order chi connectivity index (χ1) is 15.8. The average Bonchev–Trinajstić information content (AvgIpc) is 3.22. The Bertz CT molecular complexity index is 1220. The van der Waals surface area contributed by atoms with Gasteiger partial charge in [0.15, 0.2) is 0 Å². The van der Waals surface area contributed by atoms with Gasteiger partial charge < -0.3 is 14.6 Å². The molecule has 0 spiro atoms. The highest BCUT2D eigenvalue weighted by atomic mass is 15.4. The van der Waals surface area contributed by atoms with Gasteiger partial charge in [-0.25, -0.2) is 9.67 Å². The summed E-state index contributed by atoms with van der Waals surface area (Å²) >= 11 is 0. The van der Waals surface area contributed by atoms with Gasteiger partial charge in [-0.15, -0.1) is 5.10 Å². The standard InChI is InChI=1S/C24H28N8/c1-2-8-30(7-1)22-9-20(12-26-13-22)23-17-32(29-28-23)16-21-15-31-14-19(5-6-24(31)27-21)11-25-10-18-3-4-18/h5-6,9,12-15,17-18,25H,1-4,7-8,10-11,16H2. The Morgan fingerprint density at radius 3 is 2.81 bits per heavy atom. The smallest absolute Gasteiger partial charge is 0.137 e. The van der Waals surface area contributed by atoms with Crippen LogP contribution >= 0.6 is 0 Å². The molecule has 8 nitrogen and oxygen atoms in total. The van der Waals surface area contributed by atoms with E-state index in [1.165, 1.54) is 31.2 Å². The largest absolute Gasteiger partial charge is 0.370 e. The SMILES string of the molecule is c1cc2nc(Cn3cc(-c4cncc(N5CCCC5)c4)nn3)cn2cc1CNCC1CC1. The summed E-state index contributed by atoms with van der Waals surface area (Å²) in [4.78, 5) is 11.6. The van der Waals surface area contributed by atoms with Gasteiger partial charge in [-0.05, 0) is 55.8 Å². The van der Waals surface area contributed by atoms with Crippen molar-refractivity contribution < 1.29 is 0 Å². The first-order valence-electron chi connectivity index (χ1n) is 11.6. The number of hydrogen-bond donors (Lipinski definition) is 1. The molecule has 0 amide bonds. The molecule has 1 N–H and O–H groups in total. The van der Waals surface area contributed by atoms with Crippen LogP contribution in [0.25, 0.3) is 16.9 Å². The lowest BCUT2D eigenvalue weighted by molar-refractivity contribution is 0.637. The second kappa shape index (κ2) is 8.35. The number of anilines is 1. The predicted molar refractivity (Wildman–Crippen MR) is 123 cm³/mol. The van der Waals surface area contributed by atoms with Gasteiger partial charge in [-0.3, -0.25) is 4.98 Å². The minimum absolute atomic E-state index is 0.586. The van der Waals surface area contributed by atoms with E-state index in [4.69, 9.17) is 4.98 Å². The van der Waals surface area contributed by atoms with Crippen molar-refractivity contribution in [1.82, 2.24) is 34.7 Å². The third-order valence-corrected chi connectivity index (χ3v) is 6.37. The lowest BCUT2D eigenvalue weighted by Crippen LogP contribution is -2.17. The van der Waals surface area contributed by atoms with Gasteiger partial charge in [0.1, 0.15) is 11.3 Å². The minimum Gasteiger partial charge on any atom is -0.370 e. The Labute approximate surface area is 187 Å². The van der Waals surface area contributed by atoms with Crippen LogP contribution < -0.4 is 10.2 Å². The molecule has 6 rings (SSSR count). The molecule has 32 heavy (non-hydrogen) atoms. The maximum Gasteiger partial charge on any atom is 0.137 e. The van der Waals surface area contributed by atoms with E-state index in [1.54, 1.807) is 0 Å². The van der Waals surface area contributed by atoms with Crippen LogP contribution in [0.2, 0.25) is 0 Å². The summed E-state index contributed by atoms with van der Waals surface area (Å²) in [5.74, 6) is 0.893. The second-order valence-electron chi connectivity index (χ2n) is 9.04. The fourth-order valence-corrected chi connectivity index (χ4v) is 4.40. The van der Waals surface area contributed by atoms with E-state index in [2.05, 4.69) is 60.5 Å². The Morgan fingerprint density at radius 2 is 1.94 bits per heavy atom. The van der Waals surface area contributed by atoms with Crippen LogP contribution in [-0.4, -0.2) is 49.0 Å². The number of aromatic nitrogens is 6. The van der Waals surface area contributed by atoms with Gasteiger partial charge in [0.2, 0.25) is 0 Å². The van der Waals surface area contributed by atoms with Crippen molar-refractivity contribution in [2.75, 3.05) is 24.5 Å². The maximum absolute atomic E-state index is 4.75. The first-order valence-corrected chi connectivity index (χ1v) is 11.6. The summed E-state index contributed by atoms with van der Waals surface area (Å²) in [6, 6.07) is 6.40. The summed E-state index contributed by atoms with van der Waals surface area (Å²) in [5.41, 5.74) is 6.19. The van der Waals surface area contributed by atoms with Crippen molar-refractivity contribution in [3.63, 3.8) is 0 Å². The molecule has 1 saturated heterocycles. The van der Waals surface area contributed by atoms with E-state index in [1.807, 2.05) is 23.3 Å². The summed E-state index contributed by atoms with van der Waals surface area (Å²) in [6.45, 7) is 4.81. The fraction of sp³-hybridized carbons (Fsp3) is 0.417. The lowest BCUT2D eigenvalue weighted by atomic mass is 10.2. The monoisotopic (exact) mass is 428 g/mol. The van der Waals surface area contributed by atoms with Crippen LogP contribution in [0.15, 0.2) is 49.2 Å². The van der Waals surface area contributed by atoms with E-state index in [9.17, 15) is 0 Å². The highest BCUT2D eigenvalue weighted by Crippen LogP contribution is 2.27. The number of fused-ring (bicyclic) bond motifs is 1. The molecule has 4 aromatic rings. The molecule has 0 aromatic carbocycles. The number of nitrogens with zero attached hydrogens (tertiary/aromatic N) is 7. The summed E-state index contributed by atoms with van der Waals surface area (Å²) in [7, 11) is 0. The summed E-state index contributed by atoms with van der Waals surface area (Å²) in [6.07, 6.45) is 15.3. The molecule has 0 unspecified atom stereocenters. The number of hydrogen-bond acceptors (Lipinski definition) is 6. The van der Waals surface area contributed by atoms with Crippen molar-refractivity contribution in [1.29, 1.82) is 0 Å². The zero-order chi connectivity index (χ0) is 21.3. The van der Waals surface area contributed by atoms with Crippen LogP contribution in [0.4, 0.5) is 5.69 Å². The van der Waals surface area contributed by atoms with E-state index in [0.717, 1.165) is 60.4 Å². The summed E-state index contributed by atoms with van der Waals surface area (Å²) in [5, 5.41) is 12.3. The summed E-state index contributed by atoms with van der Waals surface area (Å²) < 4.78 is 3.95. The molecule has 1 saturated carbocycles. The van der Waals surface area contributed by atoms with Crippen molar-refractivity contribution in [3.05, 3.63) is 60.4 Å². The van der Waals surface area contributed by atoms with E-state index >= 15 is 0 Å². The predicted octanol–water partition coefficient (Wildman–Crippen LogP) is 3.14. The minimum atomic E-state index is 0.586. The Balaban J connectivity index is 1.15. The Morgan fingerprint density at radius 1 is 1.03 bits per heavy atom. The van der Waals surface area contributed by atoms with Gasteiger partial charge in [-0.2, -0.15) is 0 Å². The van der Waals surface area contributed by atoms with Crippen molar-refractivity contribution >= 4 is 11.3 Å². The van der Waals surface area contributed by atoms with E-state index in [0.29, 0.717) is 6.54 Å². The number of rotatable bonds is 8. The highest BCUT2D eigenvalue weighted by Gasteiger charge is 2.20. The molecule has 2 fully saturated rings. The van der Waals surface area contributed by atoms with Crippen molar-refractivity contribution in [2.24, 2.45) is 5.92 Å². The molecule has 4 aromatic heterocycles. The first kappa shape index (κ1) is 19.4. The highest BCUT2D eigenvalue weighted by molar-refractivity contribution is 5.63. The average molecular weight is 429 g/mol. The molecule has 2 aliphatic rings. The van der Waals surface area contributed by atoms with Crippen molar-refractivity contribution in [2.45, 2.75) is 38.8 Å². The molecule has 0 atom stereocenters. The Hall–Kier alpha value is -3.26. The number of imidazole rings is 1. The number of nitrogens with one attached hydrogen (secondary N) is 1. The normalized spacial score (nSPS) is 16.3. The molecule has 1 aliphatic heterocycles. The third-order valence-electron chi connectivity index (χ3n) is 6.37. The zero-order valence-corrected chi connectivity index (χ0v) is 18.2. The van der Waals surface area contributed by atoms with Crippen LogP contribution in [0, 0.1) is 5.92 Å². The molecular formula is C24H28N8. The van der Waals surface area contributed by atoms with Crippen LogP contribution in [0.3, 0.4) is 0 Å². The maximum atomic E-state index is 4.75. The Kier molecular flexibility index (Phi) is 5.07. The van der Waals surface area contributed by atoms with Gasteiger partial charge in [0.05, 0.1) is 30.3 Å². The molecule has 8 heteroatoms. The van der Waals surface area contributed by atoms with E-state index < -0.39 is 0 Å². The van der Waals surface area contributed by atoms with Crippen molar-refractivity contribution in [3.8, 4) is 11.3 Å². The van der Waals surface area contributed by atoms with Gasteiger partial charge in [0.25, 0.3) is 0 Å². The lowest BCUT2D eigenvalue weighted by Gasteiger charge is -2.17. The van der Waals surface area contributed by atoms with Crippen LogP contribution in [-0.2, 0) is 13.1 Å². The van der Waals surface area contributed by atoms with Gasteiger partial charge in [0, 0.05) is 43.8 Å². The van der Waals surface area contributed by atoms with Gasteiger partial charge in [-0.1, -0.05) is 11.3 Å². The van der Waals surface area contributed by atoms with Crippen LogP contribution in [0.5, 0.6) is 0 Å². The molecular weight excluding hydrogens is 400 g/mol. The topological polar surface area (TPSA) is 76.2 Å². The quantitative estimate of drug-likeness (QED) is 0.465.